The molecule has 0 bridgehead atoms. The van der Waals surface area contributed by atoms with Crippen molar-refractivity contribution < 1.29 is 15.1 Å². The molecule has 1 nitrogen and oxygen atoms in total. The molecule has 13 rings (SSSR count). The van der Waals surface area contributed by atoms with Crippen LogP contribution in [0.1, 0.15) is 37.3 Å². The van der Waals surface area contributed by atoms with Crippen molar-refractivity contribution in [3.63, 3.8) is 0 Å². The predicted molar refractivity (Wildman–Crippen MR) is 279 cm³/mol. The van der Waals surface area contributed by atoms with Crippen LogP contribution in [0.5, 0.6) is 0 Å². The van der Waals surface area contributed by atoms with Gasteiger partial charge in [0, 0.05) is 17.1 Å². The van der Waals surface area contributed by atoms with Gasteiger partial charge in [-0.1, -0.05) is 212 Å². The van der Waals surface area contributed by atoms with Gasteiger partial charge < -0.3 is 4.90 Å². The molecular formula is C65H43N. The lowest BCUT2D eigenvalue weighted by Crippen LogP contribution is -2.28. The van der Waals surface area contributed by atoms with Crippen molar-refractivity contribution in [2.24, 2.45) is 0 Å². The van der Waals surface area contributed by atoms with Gasteiger partial charge in [0.25, 0.3) is 0 Å². The standard InChI is InChI=1S/C65H43N/c1-3-19-50(20-4-1)65(51-21-5-2-6-22-51)63-29-14-13-28-60(63)62-43-54(37-39-64(62)65)66(52-35-32-44(33-36-52)46-34-38-57-49(40-46)31-30-45-16-7-9-24-55(45)57)53-23-15-18-47(41-53)61-42-48-17-8-10-25-56(48)58-26-11-12-27-59(58)61/h1-43H/i13D,14D,28D,29D,32D,33D,35D,36D,37D,39D,43D. The molecule has 0 fully saturated rings. The molecule has 308 valence electrons. The Bertz CT molecular complexity index is 4410. The fourth-order valence-corrected chi connectivity index (χ4v) is 10.2. The first kappa shape index (κ1) is 28.3. The Morgan fingerprint density at radius 2 is 0.909 bits per heavy atom. The van der Waals surface area contributed by atoms with E-state index in [0.717, 1.165) is 48.7 Å². The Labute approximate surface area is 400 Å². The van der Waals surface area contributed by atoms with Crippen molar-refractivity contribution in [1.29, 1.82) is 0 Å². The number of hydrogen-bond donors (Lipinski definition) is 0. The van der Waals surface area contributed by atoms with Crippen molar-refractivity contribution in [2.45, 2.75) is 5.41 Å². The van der Waals surface area contributed by atoms with E-state index in [2.05, 4.69) is 18.2 Å². The van der Waals surface area contributed by atoms with Gasteiger partial charge in [-0.3, -0.25) is 0 Å². The molecule has 0 N–H and O–H groups in total. The van der Waals surface area contributed by atoms with E-state index in [1.54, 1.807) is 18.2 Å². The van der Waals surface area contributed by atoms with E-state index < -0.39 is 47.7 Å². The molecule has 0 unspecified atom stereocenters. The largest absolute Gasteiger partial charge is 0.310 e. The Morgan fingerprint density at radius 1 is 0.318 bits per heavy atom. The minimum absolute atomic E-state index is 0.00576. The summed E-state index contributed by atoms with van der Waals surface area (Å²) in [6, 6.07) is 56.6. The Balaban J connectivity index is 1.13. The quantitative estimate of drug-likeness (QED) is 0.144. The lowest BCUT2D eigenvalue weighted by atomic mass is 9.68. The average Bonchev–Trinajstić information content (AvgIpc) is 4.06. The van der Waals surface area contributed by atoms with Crippen molar-refractivity contribution in [1.82, 2.24) is 0 Å². The van der Waals surface area contributed by atoms with Gasteiger partial charge in [0.05, 0.1) is 20.5 Å². The van der Waals surface area contributed by atoms with Gasteiger partial charge in [-0.2, -0.15) is 0 Å². The molecule has 0 atom stereocenters. The summed E-state index contributed by atoms with van der Waals surface area (Å²) in [4.78, 5) is 1.38. The highest BCUT2D eigenvalue weighted by Crippen LogP contribution is 2.57. The highest BCUT2D eigenvalue weighted by molar-refractivity contribution is 6.14. The highest BCUT2D eigenvalue weighted by atomic mass is 15.1. The molecule has 0 radical (unpaired) electrons. The first-order valence-electron chi connectivity index (χ1n) is 27.5. The molecule has 0 aliphatic heterocycles. The van der Waals surface area contributed by atoms with Crippen LogP contribution in [0.15, 0.2) is 261 Å². The smallest absolute Gasteiger partial charge is 0.0713 e. The van der Waals surface area contributed by atoms with Crippen molar-refractivity contribution in [3.05, 3.63) is 283 Å². The summed E-state index contributed by atoms with van der Waals surface area (Å²) in [6.45, 7) is 0. The summed E-state index contributed by atoms with van der Waals surface area (Å²) in [6.07, 6.45) is 0. The van der Waals surface area contributed by atoms with Gasteiger partial charge in [0.2, 0.25) is 0 Å². The fraction of sp³-hybridized carbons (Fsp3) is 0.0154. The molecule has 1 aliphatic rings. The summed E-state index contributed by atoms with van der Waals surface area (Å²) in [5.41, 5.74) is 1.53. The van der Waals surface area contributed by atoms with Gasteiger partial charge in [0.15, 0.2) is 0 Å². The molecule has 66 heavy (non-hydrogen) atoms. The van der Waals surface area contributed by atoms with Crippen molar-refractivity contribution in [2.75, 3.05) is 4.90 Å². The van der Waals surface area contributed by atoms with Crippen LogP contribution in [0.25, 0.3) is 76.5 Å². The molecule has 0 heterocycles. The molecule has 0 spiro atoms. The van der Waals surface area contributed by atoms with Gasteiger partial charge in [-0.15, -0.1) is 0 Å². The number of anilines is 3. The maximum Gasteiger partial charge on any atom is 0.0713 e. The minimum atomic E-state index is -1.62. The van der Waals surface area contributed by atoms with E-state index in [0.29, 0.717) is 22.3 Å². The maximum atomic E-state index is 10.6. The van der Waals surface area contributed by atoms with Crippen LogP contribution in [-0.2, 0) is 5.41 Å². The zero-order valence-electron chi connectivity index (χ0n) is 46.4. The van der Waals surface area contributed by atoms with Gasteiger partial charge in [-0.25, -0.2) is 0 Å². The second-order valence-electron chi connectivity index (χ2n) is 16.7. The highest BCUT2D eigenvalue weighted by Gasteiger charge is 2.46. The number of rotatable bonds is 7. The summed E-state index contributed by atoms with van der Waals surface area (Å²) in [7, 11) is 0. The van der Waals surface area contributed by atoms with Crippen molar-refractivity contribution >= 4 is 60.2 Å². The first-order chi connectivity index (χ1) is 37.3. The number of benzene rings is 12. The van der Waals surface area contributed by atoms with Crippen LogP contribution in [0.2, 0.25) is 0 Å². The van der Waals surface area contributed by atoms with E-state index >= 15 is 0 Å². The third-order valence-electron chi connectivity index (χ3n) is 13.2. The summed E-state index contributed by atoms with van der Waals surface area (Å²) in [5, 5.41) is 7.92. The normalized spacial score (nSPS) is 15.0. The summed E-state index contributed by atoms with van der Waals surface area (Å²) < 4.78 is 108. The van der Waals surface area contributed by atoms with Crippen LogP contribution in [0.4, 0.5) is 17.1 Å². The fourth-order valence-electron chi connectivity index (χ4n) is 10.2. The van der Waals surface area contributed by atoms with E-state index in [-0.39, 0.29) is 69.0 Å². The zero-order chi connectivity index (χ0) is 53.2. The summed E-state index contributed by atoms with van der Waals surface area (Å²) >= 11 is 0. The Hall–Kier alpha value is -8.52. The molecular weight excluding hydrogens is 795 g/mol. The van der Waals surface area contributed by atoms with Gasteiger partial charge in [-0.05, 0) is 147 Å². The third kappa shape index (κ3) is 5.94. The lowest BCUT2D eigenvalue weighted by Gasteiger charge is -2.34. The second-order valence-corrected chi connectivity index (χ2v) is 16.7. The SMILES string of the molecule is [2H]c1c([2H])c([2H])c2c(c1[2H])-c1c([2H])c(N(c3cccc(-c4cc5ccccc5c5ccccc45)c3)c3c([2H])c([2H])c(-c4ccc5c(ccc6ccccc65)c4)c([2H])c3[2H])c([2H])c([2H])c1C2(c1ccccc1)c1ccccc1. The van der Waals surface area contributed by atoms with Crippen LogP contribution in [0.3, 0.4) is 0 Å². The van der Waals surface area contributed by atoms with Crippen LogP contribution >= 0.6 is 0 Å². The topological polar surface area (TPSA) is 3.24 Å². The van der Waals surface area contributed by atoms with E-state index in [4.69, 9.17) is 2.74 Å². The lowest BCUT2D eigenvalue weighted by molar-refractivity contribution is 0.768. The number of hydrogen-bond acceptors (Lipinski definition) is 1. The van der Waals surface area contributed by atoms with Gasteiger partial charge in [0.1, 0.15) is 0 Å². The molecule has 12 aromatic rings. The van der Waals surface area contributed by atoms with Crippen LogP contribution in [0, 0.1) is 0 Å². The molecule has 1 aliphatic carbocycles. The maximum absolute atomic E-state index is 10.6. The molecule has 12 aromatic carbocycles. The van der Waals surface area contributed by atoms with E-state index in [9.17, 15) is 12.3 Å². The number of fused-ring (bicyclic) bond motifs is 9. The molecule has 0 saturated heterocycles. The number of nitrogens with zero attached hydrogens (tertiary/aromatic N) is 1. The Kier molecular flexibility index (Phi) is 6.58. The molecule has 0 saturated carbocycles. The van der Waals surface area contributed by atoms with E-state index in [1.165, 1.54) is 4.90 Å². The van der Waals surface area contributed by atoms with Gasteiger partial charge >= 0.3 is 0 Å². The third-order valence-corrected chi connectivity index (χ3v) is 13.2. The van der Waals surface area contributed by atoms with Crippen LogP contribution in [-0.4, -0.2) is 0 Å². The monoisotopic (exact) mass is 848 g/mol. The second kappa shape index (κ2) is 15.3. The molecule has 1 heteroatoms. The molecule has 0 amide bonds. The summed E-state index contributed by atoms with van der Waals surface area (Å²) in [5.74, 6) is 0. The Morgan fingerprint density at radius 3 is 1.68 bits per heavy atom. The first-order valence-corrected chi connectivity index (χ1v) is 22.0. The van der Waals surface area contributed by atoms with Crippen LogP contribution < -0.4 is 4.90 Å². The zero-order valence-corrected chi connectivity index (χ0v) is 35.4. The minimum Gasteiger partial charge on any atom is -0.310 e. The van der Waals surface area contributed by atoms with E-state index in [1.807, 2.05) is 158 Å². The predicted octanol–water partition coefficient (Wildman–Crippen LogP) is 17.5. The average molecular weight is 849 g/mol. The van der Waals surface area contributed by atoms with Crippen molar-refractivity contribution in [3.8, 4) is 33.4 Å². The molecule has 0 aromatic heterocycles.